The number of ether oxygens (including phenoxy) is 1. The fraction of sp³-hybridized carbons (Fsp3) is 0.300. The van der Waals surface area contributed by atoms with Gasteiger partial charge < -0.3 is 10.1 Å². The van der Waals surface area contributed by atoms with E-state index in [1.165, 1.54) is 22.5 Å². The molecule has 1 N–H and O–H groups in total. The summed E-state index contributed by atoms with van der Waals surface area (Å²) in [5.41, 5.74) is 0.934. The number of aryl methyl sites for hydroxylation is 1. The Labute approximate surface area is 169 Å². The second-order valence-electron chi connectivity index (χ2n) is 6.20. The molecule has 0 aliphatic rings. The maximum atomic E-state index is 12.9. The first kappa shape index (κ1) is 22.5. The van der Waals surface area contributed by atoms with Gasteiger partial charge in [0.15, 0.2) is 6.61 Å². The predicted octanol–water partition coefficient (Wildman–Crippen LogP) is 2.96. The Morgan fingerprint density at radius 2 is 1.69 bits per heavy atom. The molecule has 1 amide bonds. The van der Waals surface area contributed by atoms with Crippen LogP contribution in [0.25, 0.3) is 0 Å². The molecule has 9 heteroatoms. The summed E-state index contributed by atoms with van der Waals surface area (Å²) in [7, 11) is -3.69. The van der Waals surface area contributed by atoms with Crippen LogP contribution in [0.2, 0.25) is 0 Å². The van der Waals surface area contributed by atoms with Gasteiger partial charge in [-0.1, -0.05) is 19.9 Å². The number of anilines is 1. The minimum atomic E-state index is -3.69. The molecule has 7 nitrogen and oxygen atoms in total. The van der Waals surface area contributed by atoms with E-state index in [2.05, 4.69) is 5.32 Å². The molecule has 0 heterocycles. The summed E-state index contributed by atoms with van der Waals surface area (Å²) in [6, 6.07) is 9.26. The molecule has 29 heavy (non-hydrogen) atoms. The van der Waals surface area contributed by atoms with Crippen molar-refractivity contribution in [1.29, 1.82) is 0 Å². The molecule has 2 aromatic rings. The van der Waals surface area contributed by atoms with Crippen LogP contribution in [0.3, 0.4) is 0 Å². The molecule has 0 spiro atoms. The summed E-state index contributed by atoms with van der Waals surface area (Å²) in [5.74, 6) is -1.89. The van der Waals surface area contributed by atoms with Crippen LogP contribution in [0, 0.1) is 12.7 Å². The van der Waals surface area contributed by atoms with Crippen molar-refractivity contribution in [3.05, 3.63) is 59.4 Å². The molecule has 0 aliphatic carbocycles. The average Bonchev–Trinajstić information content (AvgIpc) is 2.68. The first-order valence-electron chi connectivity index (χ1n) is 9.02. The van der Waals surface area contributed by atoms with Crippen molar-refractivity contribution in [2.45, 2.75) is 25.7 Å². The van der Waals surface area contributed by atoms with Crippen molar-refractivity contribution in [1.82, 2.24) is 4.31 Å². The van der Waals surface area contributed by atoms with Crippen LogP contribution < -0.4 is 5.32 Å². The molecule has 0 atom stereocenters. The molecule has 0 aromatic heterocycles. The van der Waals surface area contributed by atoms with E-state index in [0.717, 1.165) is 12.1 Å². The quantitative estimate of drug-likeness (QED) is 0.661. The molecule has 0 unspecified atom stereocenters. The fourth-order valence-corrected chi connectivity index (χ4v) is 4.36. The van der Waals surface area contributed by atoms with E-state index in [-0.39, 0.29) is 16.1 Å². The van der Waals surface area contributed by atoms with Gasteiger partial charge in [0.25, 0.3) is 5.91 Å². The van der Waals surface area contributed by atoms with E-state index in [0.29, 0.717) is 18.7 Å². The molecule has 0 bridgehead atoms. The predicted molar refractivity (Wildman–Crippen MR) is 107 cm³/mol. The second kappa shape index (κ2) is 9.62. The Morgan fingerprint density at radius 1 is 1.07 bits per heavy atom. The number of nitrogens with zero attached hydrogens (tertiary/aromatic N) is 1. The molecule has 0 fully saturated rings. The number of sulfonamides is 1. The van der Waals surface area contributed by atoms with Crippen LogP contribution in [0.5, 0.6) is 0 Å². The van der Waals surface area contributed by atoms with Gasteiger partial charge in [-0.15, -0.1) is 0 Å². The minimum Gasteiger partial charge on any atom is -0.452 e. The smallest absolute Gasteiger partial charge is 0.338 e. The van der Waals surface area contributed by atoms with Gasteiger partial charge in [-0.05, 0) is 48.9 Å². The van der Waals surface area contributed by atoms with Crippen molar-refractivity contribution in [3.8, 4) is 0 Å². The fourth-order valence-electron chi connectivity index (χ4n) is 2.66. The molecule has 156 valence electrons. The van der Waals surface area contributed by atoms with Crippen LogP contribution in [-0.4, -0.2) is 44.3 Å². The highest BCUT2D eigenvalue weighted by Gasteiger charge is 2.24. The Balaban J connectivity index is 2.07. The Morgan fingerprint density at radius 3 is 2.28 bits per heavy atom. The summed E-state index contributed by atoms with van der Waals surface area (Å²) in [6.45, 7) is 5.26. The molecular formula is C20H23FN2O5S. The summed E-state index contributed by atoms with van der Waals surface area (Å²) in [5, 5.41) is 2.51. The Kier molecular flexibility index (Phi) is 7.46. The number of amides is 1. The lowest BCUT2D eigenvalue weighted by Gasteiger charge is -2.20. The minimum absolute atomic E-state index is 0.0994. The Hall–Kier alpha value is -2.78. The third-order valence-corrected chi connectivity index (χ3v) is 6.40. The molecule has 0 radical (unpaired) electrons. The van der Waals surface area contributed by atoms with Crippen molar-refractivity contribution in [2.75, 3.05) is 25.0 Å². The normalized spacial score (nSPS) is 11.3. The van der Waals surface area contributed by atoms with Gasteiger partial charge in [0.1, 0.15) is 5.82 Å². The first-order chi connectivity index (χ1) is 13.7. The number of rotatable bonds is 8. The van der Waals surface area contributed by atoms with Crippen LogP contribution in [-0.2, 0) is 19.6 Å². The molecule has 2 rings (SSSR count). The van der Waals surface area contributed by atoms with E-state index >= 15 is 0 Å². The lowest BCUT2D eigenvalue weighted by molar-refractivity contribution is -0.119. The van der Waals surface area contributed by atoms with Crippen molar-refractivity contribution in [2.24, 2.45) is 0 Å². The summed E-state index contributed by atoms with van der Waals surface area (Å²) in [4.78, 5) is 24.1. The van der Waals surface area contributed by atoms with Gasteiger partial charge in [-0.3, -0.25) is 4.79 Å². The van der Waals surface area contributed by atoms with E-state index in [9.17, 15) is 22.4 Å². The largest absolute Gasteiger partial charge is 0.452 e. The van der Waals surface area contributed by atoms with Crippen LogP contribution in [0.4, 0.5) is 10.1 Å². The lowest BCUT2D eigenvalue weighted by atomic mass is 10.2. The van der Waals surface area contributed by atoms with Crippen molar-refractivity contribution < 1.29 is 27.1 Å². The van der Waals surface area contributed by atoms with Crippen LogP contribution in [0.1, 0.15) is 29.8 Å². The number of benzene rings is 2. The van der Waals surface area contributed by atoms with Gasteiger partial charge in [0, 0.05) is 18.8 Å². The van der Waals surface area contributed by atoms with Crippen molar-refractivity contribution >= 4 is 27.6 Å². The number of carbonyl (C=O) groups is 2. The maximum Gasteiger partial charge on any atom is 0.338 e. The van der Waals surface area contributed by atoms with Crippen molar-refractivity contribution in [3.63, 3.8) is 0 Å². The summed E-state index contributed by atoms with van der Waals surface area (Å²) < 4.78 is 44.6. The molecule has 0 saturated heterocycles. The number of carbonyl (C=O) groups excluding carboxylic acids is 2. The highest BCUT2D eigenvalue weighted by atomic mass is 32.2. The van der Waals surface area contributed by atoms with Gasteiger partial charge in [-0.25, -0.2) is 17.6 Å². The topological polar surface area (TPSA) is 92.8 Å². The van der Waals surface area contributed by atoms with Crippen LogP contribution >= 0.6 is 0 Å². The third kappa shape index (κ3) is 5.61. The lowest BCUT2D eigenvalue weighted by Crippen LogP contribution is -2.31. The molecule has 2 aromatic carbocycles. The summed E-state index contributed by atoms with van der Waals surface area (Å²) >= 11 is 0. The highest BCUT2D eigenvalue weighted by Crippen LogP contribution is 2.23. The van der Waals surface area contributed by atoms with E-state index < -0.39 is 34.3 Å². The Bertz CT molecular complexity index is 986. The number of esters is 1. The zero-order valence-electron chi connectivity index (χ0n) is 16.4. The number of halogens is 1. The monoisotopic (exact) mass is 422 g/mol. The standard InChI is InChI=1S/C20H23FN2O5S/c1-4-23(5-2)29(26,27)18-12-17(11-6-14(18)3)22-19(24)13-28-20(25)15-7-9-16(21)10-8-15/h6-12H,4-5,13H2,1-3H3,(H,22,24). The summed E-state index contributed by atoms with van der Waals surface area (Å²) in [6.07, 6.45) is 0. The van der Waals surface area contributed by atoms with E-state index in [4.69, 9.17) is 4.74 Å². The third-order valence-electron chi connectivity index (χ3n) is 4.21. The van der Waals surface area contributed by atoms with Gasteiger partial charge in [0.2, 0.25) is 10.0 Å². The molecule has 0 aliphatic heterocycles. The SMILES string of the molecule is CCN(CC)S(=O)(=O)c1cc(NC(=O)COC(=O)c2ccc(F)cc2)ccc1C. The number of nitrogens with one attached hydrogen (secondary N) is 1. The second-order valence-corrected chi connectivity index (χ2v) is 8.11. The first-order valence-corrected chi connectivity index (χ1v) is 10.5. The zero-order valence-corrected chi connectivity index (χ0v) is 17.3. The highest BCUT2D eigenvalue weighted by molar-refractivity contribution is 7.89. The van der Waals surface area contributed by atoms with Crippen LogP contribution in [0.15, 0.2) is 47.4 Å². The van der Waals surface area contributed by atoms with Gasteiger partial charge in [-0.2, -0.15) is 4.31 Å². The average molecular weight is 422 g/mol. The molecule has 0 saturated carbocycles. The number of hydrogen-bond acceptors (Lipinski definition) is 5. The van der Waals surface area contributed by atoms with E-state index in [1.807, 2.05) is 0 Å². The van der Waals surface area contributed by atoms with Gasteiger partial charge in [0.05, 0.1) is 10.5 Å². The number of hydrogen-bond donors (Lipinski definition) is 1. The zero-order chi connectivity index (χ0) is 21.6. The maximum absolute atomic E-state index is 12.9. The molecular weight excluding hydrogens is 399 g/mol. The van der Waals surface area contributed by atoms with Gasteiger partial charge >= 0.3 is 5.97 Å². The van der Waals surface area contributed by atoms with E-state index in [1.54, 1.807) is 32.9 Å².